The van der Waals surface area contributed by atoms with Gasteiger partial charge in [-0.15, -0.1) is 5.10 Å². The Morgan fingerprint density at radius 3 is 2.89 bits per heavy atom. The van der Waals surface area contributed by atoms with Gasteiger partial charge in [0.1, 0.15) is 5.69 Å². The molecule has 0 N–H and O–H groups in total. The van der Waals surface area contributed by atoms with E-state index in [0.717, 1.165) is 24.2 Å². The lowest BCUT2D eigenvalue weighted by atomic mass is 10.1. The number of hydrogen-bond donors (Lipinski definition) is 0. The number of hydrogen-bond acceptors (Lipinski definition) is 4. The summed E-state index contributed by atoms with van der Waals surface area (Å²) in [5.74, 6) is 0.332. The van der Waals surface area contributed by atoms with E-state index in [9.17, 15) is 9.59 Å². The van der Waals surface area contributed by atoms with E-state index in [1.165, 1.54) is 0 Å². The van der Waals surface area contributed by atoms with Crippen LogP contribution < -0.4 is 0 Å². The number of amides is 2. The second kappa shape index (κ2) is 7.68. The summed E-state index contributed by atoms with van der Waals surface area (Å²) in [4.78, 5) is 27.7. The summed E-state index contributed by atoms with van der Waals surface area (Å²) in [6.45, 7) is 2.62. The maximum atomic E-state index is 12.3. The van der Waals surface area contributed by atoms with Gasteiger partial charge in [0.2, 0.25) is 11.8 Å². The van der Waals surface area contributed by atoms with Gasteiger partial charge in [-0.3, -0.25) is 9.59 Å². The number of aromatic nitrogens is 3. The van der Waals surface area contributed by atoms with Gasteiger partial charge in [-0.25, -0.2) is 4.68 Å². The standard InChI is InChI=1S/C19H22ClN5O2/c20-15-4-1-3-14(9-15)6-7-19(27)24-12-17(13-24)25-11-16(21-22-25)10-23-8-2-5-18(23)26/h1,3-4,9,11,17H,2,5-8,10,12-13H2. The largest absolute Gasteiger partial charge is 0.338 e. The van der Waals surface area contributed by atoms with Crippen LogP contribution in [0.5, 0.6) is 0 Å². The third kappa shape index (κ3) is 4.13. The molecule has 2 amide bonds. The van der Waals surface area contributed by atoms with Crippen molar-refractivity contribution in [3.8, 4) is 0 Å². The Morgan fingerprint density at radius 1 is 1.30 bits per heavy atom. The van der Waals surface area contributed by atoms with Crippen molar-refractivity contribution in [1.82, 2.24) is 24.8 Å². The molecule has 0 saturated carbocycles. The quantitative estimate of drug-likeness (QED) is 0.760. The van der Waals surface area contributed by atoms with Crippen molar-refractivity contribution in [3.05, 3.63) is 46.7 Å². The Labute approximate surface area is 162 Å². The molecule has 142 valence electrons. The van der Waals surface area contributed by atoms with Crippen molar-refractivity contribution in [2.24, 2.45) is 0 Å². The third-order valence-corrected chi connectivity index (χ3v) is 5.42. The van der Waals surface area contributed by atoms with Gasteiger partial charge in [0.25, 0.3) is 0 Å². The van der Waals surface area contributed by atoms with Gasteiger partial charge in [0.05, 0.1) is 18.8 Å². The van der Waals surface area contributed by atoms with Crippen molar-refractivity contribution in [1.29, 1.82) is 0 Å². The number of aryl methyl sites for hydroxylation is 1. The van der Waals surface area contributed by atoms with E-state index in [1.54, 1.807) is 0 Å². The van der Waals surface area contributed by atoms with E-state index in [2.05, 4.69) is 10.3 Å². The molecule has 1 aromatic carbocycles. The molecule has 0 radical (unpaired) electrons. The van der Waals surface area contributed by atoms with E-state index >= 15 is 0 Å². The van der Waals surface area contributed by atoms with Crippen molar-refractivity contribution in [3.63, 3.8) is 0 Å². The fraction of sp³-hybridized carbons (Fsp3) is 0.474. The maximum Gasteiger partial charge on any atom is 0.223 e. The van der Waals surface area contributed by atoms with Crippen molar-refractivity contribution < 1.29 is 9.59 Å². The van der Waals surface area contributed by atoms with Crippen LogP contribution in [0.15, 0.2) is 30.5 Å². The van der Waals surface area contributed by atoms with Gasteiger partial charge in [0.15, 0.2) is 0 Å². The summed E-state index contributed by atoms with van der Waals surface area (Å²) in [5.41, 5.74) is 1.88. The SMILES string of the molecule is O=C1CCCN1Cc1cn(C2CN(C(=O)CCc3cccc(Cl)c3)C2)nn1. The number of nitrogens with zero attached hydrogens (tertiary/aromatic N) is 5. The smallest absolute Gasteiger partial charge is 0.223 e. The monoisotopic (exact) mass is 387 g/mol. The number of halogens is 1. The molecule has 3 heterocycles. The summed E-state index contributed by atoms with van der Waals surface area (Å²) in [6.07, 6.45) is 4.61. The second-order valence-electron chi connectivity index (χ2n) is 7.19. The fourth-order valence-electron chi connectivity index (χ4n) is 3.56. The topological polar surface area (TPSA) is 71.3 Å². The normalized spacial score (nSPS) is 17.4. The molecule has 2 aliphatic heterocycles. The lowest BCUT2D eigenvalue weighted by molar-refractivity contribution is -0.137. The highest BCUT2D eigenvalue weighted by Crippen LogP contribution is 2.22. The van der Waals surface area contributed by atoms with E-state index in [0.29, 0.717) is 43.9 Å². The zero-order chi connectivity index (χ0) is 18.8. The first kappa shape index (κ1) is 18.0. The number of carbonyl (C=O) groups excluding carboxylic acids is 2. The number of likely N-dealkylation sites (tertiary alicyclic amines) is 2. The molecule has 0 bridgehead atoms. The minimum atomic E-state index is 0.147. The van der Waals surface area contributed by atoms with Crippen LogP contribution in [0.4, 0.5) is 0 Å². The number of benzene rings is 1. The van der Waals surface area contributed by atoms with E-state index in [1.807, 2.05) is 44.9 Å². The highest BCUT2D eigenvalue weighted by molar-refractivity contribution is 6.30. The first-order chi connectivity index (χ1) is 13.1. The average molecular weight is 388 g/mol. The van der Waals surface area contributed by atoms with Crippen molar-refractivity contribution in [2.45, 2.75) is 38.3 Å². The van der Waals surface area contributed by atoms with Crippen molar-refractivity contribution in [2.75, 3.05) is 19.6 Å². The van der Waals surface area contributed by atoms with Gasteiger partial charge in [-0.1, -0.05) is 28.9 Å². The lowest BCUT2D eigenvalue weighted by Crippen LogP contribution is -2.51. The van der Waals surface area contributed by atoms with Gasteiger partial charge in [-0.05, 0) is 30.5 Å². The average Bonchev–Trinajstić information content (AvgIpc) is 3.22. The number of rotatable bonds is 6. The molecule has 4 rings (SSSR count). The molecule has 0 aliphatic carbocycles. The predicted molar refractivity (Wildman–Crippen MR) is 100 cm³/mol. The van der Waals surface area contributed by atoms with Crippen LogP contribution >= 0.6 is 11.6 Å². The second-order valence-corrected chi connectivity index (χ2v) is 7.63. The summed E-state index contributed by atoms with van der Waals surface area (Å²) in [6, 6.07) is 7.78. The van der Waals surface area contributed by atoms with Crippen LogP contribution in [0.25, 0.3) is 0 Å². The molecule has 0 spiro atoms. The summed E-state index contributed by atoms with van der Waals surface area (Å²) in [7, 11) is 0. The zero-order valence-electron chi connectivity index (χ0n) is 15.1. The van der Waals surface area contributed by atoms with Gasteiger partial charge < -0.3 is 9.80 Å². The molecule has 2 aromatic rings. The molecule has 2 fully saturated rings. The van der Waals surface area contributed by atoms with Gasteiger partial charge in [-0.2, -0.15) is 0 Å². The van der Waals surface area contributed by atoms with E-state index in [4.69, 9.17) is 11.6 Å². The molecule has 7 nitrogen and oxygen atoms in total. The molecule has 8 heteroatoms. The van der Waals surface area contributed by atoms with Crippen LogP contribution in [0, 0.1) is 0 Å². The minimum Gasteiger partial charge on any atom is -0.338 e. The molecular weight excluding hydrogens is 366 g/mol. The highest BCUT2D eigenvalue weighted by Gasteiger charge is 2.32. The Kier molecular flexibility index (Phi) is 5.11. The molecule has 1 aromatic heterocycles. The maximum absolute atomic E-state index is 12.3. The Hall–Kier alpha value is -2.41. The van der Waals surface area contributed by atoms with Crippen LogP contribution in [0.1, 0.15) is 36.6 Å². The van der Waals surface area contributed by atoms with Crippen LogP contribution in [0.2, 0.25) is 5.02 Å². The molecule has 2 saturated heterocycles. The molecule has 0 unspecified atom stereocenters. The lowest BCUT2D eigenvalue weighted by Gasteiger charge is -2.39. The Bertz CT molecular complexity index is 846. The van der Waals surface area contributed by atoms with E-state index < -0.39 is 0 Å². The van der Waals surface area contributed by atoms with Crippen molar-refractivity contribution >= 4 is 23.4 Å². The zero-order valence-corrected chi connectivity index (χ0v) is 15.8. The molecule has 0 atom stereocenters. The fourth-order valence-corrected chi connectivity index (χ4v) is 3.77. The van der Waals surface area contributed by atoms with E-state index in [-0.39, 0.29) is 17.9 Å². The molecular formula is C19H22ClN5O2. The van der Waals surface area contributed by atoms with Crippen LogP contribution in [-0.4, -0.2) is 56.2 Å². The Morgan fingerprint density at radius 2 is 2.15 bits per heavy atom. The van der Waals surface area contributed by atoms with Crippen LogP contribution in [-0.2, 0) is 22.6 Å². The van der Waals surface area contributed by atoms with Crippen LogP contribution in [0.3, 0.4) is 0 Å². The first-order valence-electron chi connectivity index (χ1n) is 9.29. The summed E-state index contributed by atoms with van der Waals surface area (Å²) in [5, 5.41) is 9.05. The first-order valence-corrected chi connectivity index (χ1v) is 9.67. The predicted octanol–water partition coefficient (Wildman–Crippen LogP) is 2.07. The van der Waals surface area contributed by atoms with Gasteiger partial charge >= 0.3 is 0 Å². The summed E-state index contributed by atoms with van der Waals surface area (Å²) >= 11 is 5.98. The molecule has 27 heavy (non-hydrogen) atoms. The highest BCUT2D eigenvalue weighted by atomic mass is 35.5. The summed E-state index contributed by atoms with van der Waals surface area (Å²) < 4.78 is 1.82. The number of carbonyl (C=O) groups is 2. The Balaban J connectivity index is 1.24. The van der Waals surface area contributed by atoms with Gasteiger partial charge in [0, 0.05) is 37.5 Å². The minimum absolute atomic E-state index is 0.147. The third-order valence-electron chi connectivity index (χ3n) is 5.19. The molecule has 2 aliphatic rings.